The van der Waals surface area contributed by atoms with Crippen molar-refractivity contribution in [1.82, 2.24) is 10.2 Å². The third kappa shape index (κ3) is 5.69. The highest BCUT2D eigenvalue weighted by atomic mass is 16.1. The van der Waals surface area contributed by atoms with Crippen LogP contribution in [0.4, 0.5) is 0 Å². The molecule has 1 aliphatic rings. The highest BCUT2D eigenvalue weighted by molar-refractivity contribution is 5.76. The normalized spacial score (nSPS) is 18.3. The zero-order valence-electron chi connectivity index (χ0n) is 11.0. The smallest absolute Gasteiger partial charge is 0.221 e. The number of nitrogens with one attached hydrogen (secondary N) is 1. The van der Waals surface area contributed by atoms with Crippen molar-refractivity contribution in [2.45, 2.75) is 39.5 Å². The van der Waals surface area contributed by atoms with E-state index in [-0.39, 0.29) is 11.3 Å². The van der Waals surface area contributed by atoms with Crippen molar-refractivity contribution in [3.63, 3.8) is 0 Å². The molecule has 4 heteroatoms. The summed E-state index contributed by atoms with van der Waals surface area (Å²) in [4.78, 5) is 13.5. The molecule has 1 aliphatic heterocycles. The summed E-state index contributed by atoms with van der Waals surface area (Å²) < 4.78 is 0. The van der Waals surface area contributed by atoms with Crippen LogP contribution in [0.2, 0.25) is 0 Å². The molecule has 0 bridgehead atoms. The molecule has 0 unspecified atom stereocenters. The van der Waals surface area contributed by atoms with Gasteiger partial charge in [-0.15, -0.1) is 0 Å². The van der Waals surface area contributed by atoms with Crippen LogP contribution in [0, 0.1) is 16.7 Å². The van der Waals surface area contributed by atoms with Crippen LogP contribution >= 0.6 is 0 Å². The molecule has 0 aromatic carbocycles. The van der Waals surface area contributed by atoms with E-state index in [9.17, 15) is 4.79 Å². The maximum absolute atomic E-state index is 11.2. The van der Waals surface area contributed by atoms with Crippen LogP contribution in [-0.2, 0) is 4.79 Å². The number of unbranched alkanes of at least 4 members (excludes halogenated alkanes) is 1. The Morgan fingerprint density at radius 3 is 2.88 bits per heavy atom. The van der Waals surface area contributed by atoms with Crippen LogP contribution in [0.1, 0.15) is 39.5 Å². The number of nitrogens with zero attached hydrogens (tertiary/aromatic N) is 2. The highest BCUT2D eigenvalue weighted by Crippen LogP contribution is 2.21. The van der Waals surface area contributed by atoms with Crippen LogP contribution in [-0.4, -0.2) is 37.0 Å². The first-order valence-electron chi connectivity index (χ1n) is 6.44. The Balaban J connectivity index is 2.14. The van der Waals surface area contributed by atoms with Gasteiger partial charge >= 0.3 is 0 Å². The summed E-state index contributed by atoms with van der Waals surface area (Å²) in [5.74, 6) is 0.165. The second kappa shape index (κ2) is 6.61. The van der Waals surface area contributed by atoms with E-state index in [0.29, 0.717) is 6.42 Å². The van der Waals surface area contributed by atoms with Gasteiger partial charge in [-0.1, -0.05) is 6.42 Å². The molecule has 0 atom stereocenters. The van der Waals surface area contributed by atoms with Crippen molar-refractivity contribution >= 4 is 5.91 Å². The Kier molecular flexibility index (Phi) is 5.43. The average Bonchev–Trinajstić information content (AvgIpc) is 2.50. The minimum atomic E-state index is -0.198. The Hall–Kier alpha value is -1.08. The number of carbonyl (C=O) groups is 1. The Labute approximate surface area is 104 Å². The third-order valence-electron chi connectivity index (χ3n) is 3.23. The van der Waals surface area contributed by atoms with Gasteiger partial charge in [0.05, 0.1) is 11.5 Å². The summed E-state index contributed by atoms with van der Waals surface area (Å²) in [6, 6.07) is 2.33. The van der Waals surface area contributed by atoms with E-state index < -0.39 is 0 Å². The first-order chi connectivity index (χ1) is 8.03. The standard InChI is InChI=1S/C13H23N3O/c1-13(2,11-14)6-3-4-8-16-9-5-12(17)15-7-10-16/h3-10H2,1-2H3,(H,15,17). The van der Waals surface area contributed by atoms with Crippen molar-refractivity contribution in [2.24, 2.45) is 5.41 Å². The molecule has 1 saturated heterocycles. The summed E-state index contributed by atoms with van der Waals surface area (Å²) >= 11 is 0. The minimum absolute atomic E-state index is 0.165. The van der Waals surface area contributed by atoms with Crippen LogP contribution in [0.5, 0.6) is 0 Å². The van der Waals surface area contributed by atoms with Crippen molar-refractivity contribution in [3.05, 3.63) is 0 Å². The summed E-state index contributed by atoms with van der Waals surface area (Å²) in [6.07, 6.45) is 3.76. The lowest BCUT2D eigenvalue weighted by atomic mass is 9.89. The molecule has 0 aromatic rings. The highest BCUT2D eigenvalue weighted by Gasteiger charge is 2.16. The molecule has 17 heavy (non-hydrogen) atoms. The van der Waals surface area contributed by atoms with Gasteiger partial charge in [-0.2, -0.15) is 5.26 Å². The Bertz CT molecular complexity index is 294. The fraction of sp³-hybridized carbons (Fsp3) is 0.846. The van der Waals surface area contributed by atoms with Crippen molar-refractivity contribution in [2.75, 3.05) is 26.2 Å². The molecule has 1 fully saturated rings. The molecule has 0 aliphatic carbocycles. The predicted molar refractivity (Wildman–Crippen MR) is 67.3 cm³/mol. The topological polar surface area (TPSA) is 56.1 Å². The first kappa shape index (κ1) is 14.0. The largest absolute Gasteiger partial charge is 0.355 e. The molecule has 96 valence electrons. The molecule has 4 nitrogen and oxygen atoms in total. The first-order valence-corrected chi connectivity index (χ1v) is 6.44. The molecule has 1 rings (SSSR count). The van der Waals surface area contributed by atoms with Crippen molar-refractivity contribution in [3.8, 4) is 6.07 Å². The zero-order chi connectivity index (χ0) is 12.7. The fourth-order valence-corrected chi connectivity index (χ4v) is 2.00. The van der Waals surface area contributed by atoms with Crippen LogP contribution in [0.3, 0.4) is 0 Å². The molecule has 0 spiro atoms. The SMILES string of the molecule is CC(C)(C#N)CCCCN1CCNC(=O)CC1. The molecule has 0 radical (unpaired) electrons. The molecular formula is C13H23N3O. The van der Waals surface area contributed by atoms with E-state index in [1.807, 2.05) is 13.8 Å². The zero-order valence-corrected chi connectivity index (χ0v) is 11.0. The van der Waals surface area contributed by atoms with Gasteiger partial charge in [0.2, 0.25) is 5.91 Å². The quantitative estimate of drug-likeness (QED) is 0.738. The van der Waals surface area contributed by atoms with Crippen LogP contribution in [0.15, 0.2) is 0 Å². The van der Waals surface area contributed by atoms with E-state index >= 15 is 0 Å². The van der Waals surface area contributed by atoms with E-state index in [2.05, 4.69) is 16.3 Å². The van der Waals surface area contributed by atoms with E-state index in [1.165, 1.54) is 0 Å². The monoisotopic (exact) mass is 237 g/mol. The van der Waals surface area contributed by atoms with Gasteiger partial charge in [-0.3, -0.25) is 4.79 Å². The number of carbonyl (C=O) groups excluding carboxylic acids is 1. The minimum Gasteiger partial charge on any atom is -0.355 e. The molecular weight excluding hydrogens is 214 g/mol. The third-order valence-corrected chi connectivity index (χ3v) is 3.23. The predicted octanol–water partition coefficient (Wildman–Crippen LogP) is 1.53. The molecule has 1 N–H and O–H groups in total. The maximum Gasteiger partial charge on any atom is 0.221 e. The van der Waals surface area contributed by atoms with Gasteiger partial charge in [-0.25, -0.2) is 0 Å². The van der Waals surface area contributed by atoms with Gasteiger partial charge in [-0.05, 0) is 33.2 Å². The van der Waals surface area contributed by atoms with E-state index in [1.54, 1.807) is 0 Å². The fourth-order valence-electron chi connectivity index (χ4n) is 2.00. The van der Waals surface area contributed by atoms with Gasteiger partial charge in [0.1, 0.15) is 0 Å². The summed E-state index contributed by atoms with van der Waals surface area (Å²) in [5.41, 5.74) is -0.198. The van der Waals surface area contributed by atoms with Crippen LogP contribution < -0.4 is 5.32 Å². The second-order valence-electron chi connectivity index (χ2n) is 5.39. The molecule has 0 saturated carbocycles. The lowest BCUT2D eigenvalue weighted by molar-refractivity contribution is -0.120. The molecule has 1 amide bonds. The van der Waals surface area contributed by atoms with Gasteiger partial charge in [0.25, 0.3) is 0 Å². The molecule has 0 aromatic heterocycles. The number of hydrogen-bond acceptors (Lipinski definition) is 3. The van der Waals surface area contributed by atoms with E-state index in [0.717, 1.165) is 45.4 Å². The molecule has 1 heterocycles. The lowest BCUT2D eigenvalue weighted by Crippen LogP contribution is -2.29. The van der Waals surface area contributed by atoms with Crippen molar-refractivity contribution in [1.29, 1.82) is 5.26 Å². The van der Waals surface area contributed by atoms with Crippen molar-refractivity contribution < 1.29 is 4.79 Å². The number of rotatable bonds is 5. The summed E-state index contributed by atoms with van der Waals surface area (Å²) in [6.45, 7) is 7.60. The van der Waals surface area contributed by atoms with Crippen LogP contribution in [0.25, 0.3) is 0 Å². The second-order valence-corrected chi connectivity index (χ2v) is 5.39. The van der Waals surface area contributed by atoms with Gasteiger partial charge in [0.15, 0.2) is 0 Å². The number of amides is 1. The Morgan fingerprint density at radius 2 is 2.18 bits per heavy atom. The summed E-state index contributed by atoms with van der Waals surface area (Å²) in [7, 11) is 0. The number of nitriles is 1. The average molecular weight is 237 g/mol. The van der Waals surface area contributed by atoms with Gasteiger partial charge < -0.3 is 10.2 Å². The van der Waals surface area contributed by atoms with Gasteiger partial charge in [0, 0.05) is 26.1 Å². The summed E-state index contributed by atoms with van der Waals surface area (Å²) in [5, 5.41) is 11.8. The van der Waals surface area contributed by atoms with E-state index in [4.69, 9.17) is 5.26 Å². The maximum atomic E-state index is 11.2. The number of hydrogen-bond donors (Lipinski definition) is 1. The lowest BCUT2D eigenvalue weighted by Gasteiger charge is -2.20. The Morgan fingerprint density at radius 1 is 1.41 bits per heavy atom.